The number of aliphatic hydroxyl groups is 1. The monoisotopic (exact) mass is 174 g/mol. The highest BCUT2D eigenvalue weighted by atomic mass is 16.5. The summed E-state index contributed by atoms with van der Waals surface area (Å²) >= 11 is 0. The Labute approximate surface area is 75.9 Å². The van der Waals surface area contributed by atoms with Crippen molar-refractivity contribution in [3.05, 3.63) is 0 Å². The molecule has 0 fully saturated rings. The van der Waals surface area contributed by atoms with Crippen LogP contribution in [0.1, 0.15) is 46.5 Å². The van der Waals surface area contributed by atoms with E-state index in [1.807, 2.05) is 6.92 Å². The van der Waals surface area contributed by atoms with Crippen LogP contribution in [-0.4, -0.2) is 23.9 Å². The highest BCUT2D eigenvalue weighted by molar-refractivity contribution is 4.56. The SMILES string of the molecule is CCCCCCOC(C)[C@@H](C)O. The third-order valence-corrected chi connectivity index (χ3v) is 2.06. The number of unbranched alkanes of at least 4 members (excludes halogenated alkanes) is 3. The molecule has 2 heteroatoms. The molecule has 1 unspecified atom stereocenters. The van der Waals surface area contributed by atoms with Crippen molar-refractivity contribution < 1.29 is 9.84 Å². The molecular weight excluding hydrogens is 152 g/mol. The van der Waals surface area contributed by atoms with Gasteiger partial charge in [-0.2, -0.15) is 0 Å². The van der Waals surface area contributed by atoms with E-state index in [-0.39, 0.29) is 12.2 Å². The fraction of sp³-hybridized carbons (Fsp3) is 1.00. The lowest BCUT2D eigenvalue weighted by Crippen LogP contribution is -2.23. The van der Waals surface area contributed by atoms with Crippen molar-refractivity contribution in [1.29, 1.82) is 0 Å². The minimum absolute atomic E-state index is 0.0216. The summed E-state index contributed by atoms with van der Waals surface area (Å²) in [5.41, 5.74) is 0. The molecule has 0 aliphatic heterocycles. The first-order valence-corrected chi connectivity index (χ1v) is 4.98. The Kier molecular flexibility index (Phi) is 7.51. The largest absolute Gasteiger partial charge is 0.391 e. The molecule has 0 rings (SSSR count). The summed E-state index contributed by atoms with van der Waals surface area (Å²) in [6, 6.07) is 0. The van der Waals surface area contributed by atoms with Crippen molar-refractivity contribution >= 4 is 0 Å². The second kappa shape index (κ2) is 7.56. The Morgan fingerprint density at radius 1 is 1.17 bits per heavy atom. The van der Waals surface area contributed by atoms with E-state index in [9.17, 15) is 0 Å². The molecule has 74 valence electrons. The van der Waals surface area contributed by atoms with Crippen molar-refractivity contribution in [1.82, 2.24) is 0 Å². The van der Waals surface area contributed by atoms with Crippen molar-refractivity contribution in [2.75, 3.05) is 6.61 Å². The van der Waals surface area contributed by atoms with Crippen molar-refractivity contribution in [3.63, 3.8) is 0 Å². The molecule has 0 saturated carbocycles. The molecule has 2 atom stereocenters. The molecule has 0 aliphatic rings. The Balaban J connectivity index is 3.08. The first-order valence-electron chi connectivity index (χ1n) is 4.98. The molecular formula is C10H22O2. The molecule has 0 bridgehead atoms. The highest BCUT2D eigenvalue weighted by Gasteiger charge is 2.07. The maximum absolute atomic E-state index is 9.10. The van der Waals surface area contributed by atoms with Crippen LogP contribution in [0, 0.1) is 0 Å². The lowest BCUT2D eigenvalue weighted by molar-refractivity contribution is -0.0193. The zero-order chi connectivity index (χ0) is 9.40. The van der Waals surface area contributed by atoms with Gasteiger partial charge >= 0.3 is 0 Å². The van der Waals surface area contributed by atoms with Gasteiger partial charge in [0.15, 0.2) is 0 Å². The quantitative estimate of drug-likeness (QED) is 0.600. The third kappa shape index (κ3) is 6.62. The maximum Gasteiger partial charge on any atom is 0.0803 e. The average Bonchev–Trinajstić information content (AvgIpc) is 2.03. The van der Waals surface area contributed by atoms with E-state index in [1.165, 1.54) is 19.3 Å². The van der Waals surface area contributed by atoms with E-state index < -0.39 is 0 Å². The number of hydrogen-bond donors (Lipinski definition) is 1. The second-order valence-electron chi connectivity index (χ2n) is 3.38. The summed E-state index contributed by atoms with van der Waals surface area (Å²) in [5, 5.41) is 9.10. The maximum atomic E-state index is 9.10. The van der Waals surface area contributed by atoms with E-state index in [4.69, 9.17) is 9.84 Å². The average molecular weight is 174 g/mol. The van der Waals surface area contributed by atoms with Crippen LogP contribution in [0.2, 0.25) is 0 Å². The van der Waals surface area contributed by atoms with Crippen molar-refractivity contribution in [2.24, 2.45) is 0 Å². The second-order valence-corrected chi connectivity index (χ2v) is 3.38. The minimum atomic E-state index is -0.351. The summed E-state index contributed by atoms with van der Waals surface area (Å²) in [5.74, 6) is 0. The van der Waals surface area contributed by atoms with Gasteiger partial charge in [0.25, 0.3) is 0 Å². The van der Waals surface area contributed by atoms with Crippen LogP contribution in [0.25, 0.3) is 0 Å². The van der Waals surface area contributed by atoms with Gasteiger partial charge in [0, 0.05) is 6.61 Å². The number of hydrogen-bond acceptors (Lipinski definition) is 2. The first-order chi connectivity index (χ1) is 5.68. The number of rotatable bonds is 7. The molecule has 0 aromatic rings. The zero-order valence-electron chi connectivity index (χ0n) is 8.55. The van der Waals surface area contributed by atoms with Crippen molar-refractivity contribution in [2.45, 2.75) is 58.7 Å². The van der Waals surface area contributed by atoms with Crippen LogP contribution >= 0.6 is 0 Å². The summed E-state index contributed by atoms with van der Waals surface area (Å²) in [7, 11) is 0. The summed E-state index contributed by atoms with van der Waals surface area (Å²) in [6.07, 6.45) is 4.52. The van der Waals surface area contributed by atoms with Crippen molar-refractivity contribution in [3.8, 4) is 0 Å². The topological polar surface area (TPSA) is 29.5 Å². The van der Waals surface area contributed by atoms with E-state index in [2.05, 4.69) is 6.92 Å². The fourth-order valence-corrected chi connectivity index (χ4v) is 0.937. The molecule has 0 aliphatic carbocycles. The van der Waals surface area contributed by atoms with Gasteiger partial charge in [-0.15, -0.1) is 0 Å². The van der Waals surface area contributed by atoms with Gasteiger partial charge in [-0.05, 0) is 20.3 Å². The predicted octanol–water partition coefficient (Wildman–Crippen LogP) is 2.35. The van der Waals surface area contributed by atoms with Crippen LogP contribution in [0.4, 0.5) is 0 Å². The standard InChI is InChI=1S/C10H22O2/c1-4-5-6-7-8-12-10(3)9(2)11/h9-11H,4-8H2,1-3H3/t9-,10?/m1/s1. The summed E-state index contributed by atoms with van der Waals surface area (Å²) in [4.78, 5) is 0. The van der Waals surface area contributed by atoms with Crippen LogP contribution in [0.5, 0.6) is 0 Å². The Bertz CT molecular complexity index is 91.8. The fourth-order valence-electron chi connectivity index (χ4n) is 0.937. The predicted molar refractivity (Wildman–Crippen MR) is 51.2 cm³/mol. The first kappa shape index (κ1) is 11.9. The van der Waals surface area contributed by atoms with Gasteiger partial charge in [0.1, 0.15) is 0 Å². The third-order valence-electron chi connectivity index (χ3n) is 2.06. The summed E-state index contributed by atoms with van der Waals surface area (Å²) in [6.45, 7) is 6.65. The Morgan fingerprint density at radius 3 is 2.33 bits per heavy atom. The molecule has 2 nitrogen and oxygen atoms in total. The summed E-state index contributed by atoms with van der Waals surface area (Å²) < 4.78 is 5.40. The van der Waals surface area contributed by atoms with Gasteiger partial charge in [0.2, 0.25) is 0 Å². The molecule has 1 N–H and O–H groups in total. The lowest BCUT2D eigenvalue weighted by Gasteiger charge is -2.15. The van der Waals surface area contributed by atoms with E-state index in [0.717, 1.165) is 13.0 Å². The zero-order valence-corrected chi connectivity index (χ0v) is 8.55. The minimum Gasteiger partial charge on any atom is -0.391 e. The molecule has 0 amide bonds. The van der Waals surface area contributed by atoms with E-state index >= 15 is 0 Å². The lowest BCUT2D eigenvalue weighted by atomic mass is 10.2. The normalized spacial score (nSPS) is 16.0. The molecule has 12 heavy (non-hydrogen) atoms. The smallest absolute Gasteiger partial charge is 0.0803 e. The Hall–Kier alpha value is -0.0800. The van der Waals surface area contributed by atoms with Gasteiger partial charge in [0.05, 0.1) is 12.2 Å². The molecule has 0 aromatic carbocycles. The van der Waals surface area contributed by atoms with Crippen LogP contribution in [0.15, 0.2) is 0 Å². The van der Waals surface area contributed by atoms with E-state index in [1.54, 1.807) is 6.92 Å². The Morgan fingerprint density at radius 2 is 1.83 bits per heavy atom. The van der Waals surface area contributed by atoms with Gasteiger partial charge in [-0.1, -0.05) is 26.2 Å². The molecule has 0 radical (unpaired) electrons. The van der Waals surface area contributed by atoms with E-state index in [0.29, 0.717) is 0 Å². The number of ether oxygens (including phenoxy) is 1. The van der Waals surface area contributed by atoms with Crippen LogP contribution in [-0.2, 0) is 4.74 Å². The van der Waals surface area contributed by atoms with Crippen LogP contribution in [0.3, 0.4) is 0 Å². The van der Waals surface area contributed by atoms with Gasteiger partial charge in [-0.3, -0.25) is 0 Å². The number of aliphatic hydroxyl groups excluding tert-OH is 1. The molecule has 0 heterocycles. The van der Waals surface area contributed by atoms with Gasteiger partial charge < -0.3 is 9.84 Å². The molecule has 0 saturated heterocycles. The highest BCUT2D eigenvalue weighted by Crippen LogP contribution is 2.02. The molecule has 0 spiro atoms. The van der Waals surface area contributed by atoms with Gasteiger partial charge in [-0.25, -0.2) is 0 Å². The van der Waals surface area contributed by atoms with Crippen LogP contribution < -0.4 is 0 Å². The molecule has 0 aromatic heterocycles.